The molecule has 0 aliphatic heterocycles. The second-order valence-electron chi connectivity index (χ2n) is 2.35. The molecule has 0 bridgehead atoms. The molecule has 1 heterocycles. The Kier molecular flexibility index (Phi) is 2.27. The van der Waals surface area contributed by atoms with E-state index in [-0.39, 0.29) is 10.8 Å². The molecule has 68 valence electrons. The summed E-state index contributed by atoms with van der Waals surface area (Å²) in [6.45, 7) is 1.58. The van der Waals surface area contributed by atoms with Crippen molar-refractivity contribution in [2.75, 3.05) is 5.73 Å². The van der Waals surface area contributed by atoms with Crippen LogP contribution in [0, 0.1) is 6.92 Å². The van der Waals surface area contributed by atoms with Gasteiger partial charge in [-0.05, 0) is 6.92 Å². The molecule has 1 aromatic heterocycles. The molecule has 0 atom stereocenters. The minimum absolute atomic E-state index is 0.0324. The number of aryl methyl sites for hydroxylation is 1. The third kappa shape index (κ3) is 2.37. The minimum Gasteiger partial charge on any atom is -0.375 e. The SMILES string of the molecule is Cc1sc(N)nc1CC(F)(F)F. The number of nitrogens with zero attached hydrogens (tertiary/aromatic N) is 1. The van der Waals surface area contributed by atoms with Crippen molar-refractivity contribution in [3.8, 4) is 0 Å². The van der Waals surface area contributed by atoms with E-state index in [4.69, 9.17) is 5.73 Å². The Morgan fingerprint density at radius 3 is 2.42 bits per heavy atom. The van der Waals surface area contributed by atoms with E-state index >= 15 is 0 Å². The van der Waals surface area contributed by atoms with E-state index in [0.29, 0.717) is 4.88 Å². The molecule has 0 aliphatic carbocycles. The Morgan fingerprint density at radius 1 is 1.50 bits per heavy atom. The first-order valence-electron chi connectivity index (χ1n) is 3.17. The van der Waals surface area contributed by atoms with Gasteiger partial charge in [-0.1, -0.05) is 0 Å². The highest BCUT2D eigenvalue weighted by Gasteiger charge is 2.29. The fourth-order valence-electron chi connectivity index (χ4n) is 0.804. The molecule has 1 aromatic rings. The fourth-order valence-corrected chi connectivity index (χ4v) is 1.51. The second-order valence-corrected chi connectivity index (χ2v) is 3.58. The van der Waals surface area contributed by atoms with Crippen LogP contribution in [0.1, 0.15) is 10.6 Å². The van der Waals surface area contributed by atoms with E-state index in [9.17, 15) is 13.2 Å². The van der Waals surface area contributed by atoms with E-state index in [1.165, 1.54) is 0 Å². The van der Waals surface area contributed by atoms with Crippen LogP contribution in [0.4, 0.5) is 18.3 Å². The normalized spacial score (nSPS) is 12.0. The monoisotopic (exact) mass is 196 g/mol. The molecule has 0 spiro atoms. The summed E-state index contributed by atoms with van der Waals surface area (Å²) in [6.07, 6.45) is -5.20. The molecule has 0 saturated carbocycles. The summed E-state index contributed by atoms with van der Waals surface area (Å²) in [5.41, 5.74) is 5.27. The fraction of sp³-hybridized carbons (Fsp3) is 0.500. The molecule has 0 unspecified atom stereocenters. The number of rotatable bonds is 1. The summed E-state index contributed by atoms with van der Waals surface area (Å²) < 4.78 is 35.6. The second kappa shape index (κ2) is 2.93. The van der Waals surface area contributed by atoms with Gasteiger partial charge in [-0.25, -0.2) is 4.98 Å². The van der Waals surface area contributed by atoms with E-state index in [1.807, 2.05) is 0 Å². The standard InChI is InChI=1S/C6H7F3N2S/c1-3-4(2-6(7,8)9)11-5(10)12-3/h2H2,1H3,(H2,10,11). The highest BCUT2D eigenvalue weighted by molar-refractivity contribution is 7.15. The molecule has 2 nitrogen and oxygen atoms in total. The molecular weight excluding hydrogens is 189 g/mol. The van der Waals surface area contributed by atoms with Crippen molar-refractivity contribution in [3.05, 3.63) is 10.6 Å². The summed E-state index contributed by atoms with van der Waals surface area (Å²) in [4.78, 5) is 4.10. The summed E-state index contributed by atoms with van der Waals surface area (Å²) in [5, 5.41) is 0.187. The Hall–Kier alpha value is -0.780. The lowest BCUT2D eigenvalue weighted by atomic mass is 10.3. The number of aromatic nitrogens is 1. The Morgan fingerprint density at radius 2 is 2.08 bits per heavy atom. The first-order valence-corrected chi connectivity index (χ1v) is 3.98. The lowest BCUT2D eigenvalue weighted by Gasteiger charge is -2.03. The zero-order valence-corrected chi connectivity index (χ0v) is 7.09. The average Bonchev–Trinajstić information content (AvgIpc) is 2.06. The van der Waals surface area contributed by atoms with Crippen molar-refractivity contribution in [3.63, 3.8) is 0 Å². The van der Waals surface area contributed by atoms with Gasteiger partial charge in [0.15, 0.2) is 5.13 Å². The first kappa shape index (κ1) is 9.31. The van der Waals surface area contributed by atoms with Gasteiger partial charge in [0.25, 0.3) is 0 Å². The van der Waals surface area contributed by atoms with Gasteiger partial charge >= 0.3 is 6.18 Å². The van der Waals surface area contributed by atoms with Crippen LogP contribution in [0.25, 0.3) is 0 Å². The molecule has 0 saturated heterocycles. The lowest BCUT2D eigenvalue weighted by molar-refractivity contribution is -0.127. The van der Waals surface area contributed by atoms with Crippen molar-refractivity contribution in [1.82, 2.24) is 4.98 Å². The van der Waals surface area contributed by atoms with Gasteiger partial charge in [0.2, 0.25) is 0 Å². The Balaban J connectivity index is 2.82. The Bertz CT molecular complexity index is 279. The molecule has 0 aromatic carbocycles. The molecular formula is C6H7F3N2S. The average molecular weight is 196 g/mol. The number of alkyl halides is 3. The minimum atomic E-state index is -4.20. The predicted octanol–water partition coefficient (Wildman–Crippen LogP) is 2.14. The van der Waals surface area contributed by atoms with Crippen molar-refractivity contribution < 1.29 is 13.2 Å². The van der Waals surface area contributed by atoms with Gasteiger partial charge in [-0.3, -0.25) is 0 Å². The zero-order chi connectivity index (χ0) is 9.35. The summed E-state index contributed by atoms with van der Waals surface area (Å²) >= 11 is 1.08. The maximum Gasteiger partial charge on any atom is 0.394 e. The zero-order valence-electron chi connectivity index (χ0n) is 6.27. The van der Waals surface area contributed by atoms with Crippen LogP contribution < -0.4 is 5.73 Å². The highest BCUT2D eigenvalue weighted by Crippen LogP contribution is 2.26. The molecule has 0 amide bonds. The number of nitrogens with two attached hydrogens (primary N) is 1. The van der Waals surface area contributed by atoms with Crippen molar-refractivity contribution in [2.45, 2.75) is 19.5 Å². The third-order valence-electron chi connectivity index (χ3n) is 1.28. The van der Waals surface area contributed by atoms with Crippen molar-refractivity contribution in [1.29, 1.82) is 0 Å². The maximum atomic E-state index is 11.9. The summed E-state index contributed by atoms with van der Waals surface area (Å²) in [6, 6.07) is 0. The predicted molar refractivity (Wildman–Crippen MR) is 41.0 cm³/mol. The summed E-state index contributed by atoms with van der Waals surface area (Å²) in [7, 11) is 0. The van der Waals surface area contributed by atoms with Gasteiger partial charge in [0, 0.05) is 4.88 Å². The molecule has 2 N–H and O–H groups in total. The third-order valence-corrected chi connectivity index (χ3v) is 2.12. The van der Waals surface area contributed by atoms with Gasteiger partial charge in [0.1, 0.15) is 0 Å². The van der Waals surface area contributed by atoms with E-state index < -0.39 is 12.6 Å². The number of hydrogen-bond acceptors (Lipinski definition) is 3. The topological polar surface area (TPSA) is 38.9 Å². The van der Waals surface area contributed by atoms with Gasteiger partial charge in [0.05, 0.1) is 12.1 Å². The quantitative estimate of drug-likeness (QED) is 0.747. The van der Waals surface area contributed by atoms with Crippen LogP contribution in [-0.2, 0) is 6.42 Å². The summed E-state index contributed by atoms with van der Waals surface area (Å²) in [5.74, 6) is 0. The van der Waals surface area contributed by atoms with Crippen LogP contribution in [-0.4, -0.2) is 11.2 Å². The number of halogens is 3. The molecule has 0 aliphatic rings. The first-order chi connectivity index (χ1) is 5.38. The lowest BCUT2D eigenvalue weighted by Crippen LogP contribution is -2.12. The smallest absolute Gasteiger partial charge is 0.375 e. The van der Waals surface area contributed by atoms with Gasteiger partial charge < -0.3 is 5.73 Å². The Labute approximate surface area is 71.2 Å². The van der Waals surface area contributed by atoms with Crippen LogP contribution in [0.5, 0.6) is 0 Å². The van der Waals surface area contributed by atoms with E-state index in [1.54, 1.807) is 6.92 Å². The molecule has 0 fully saturated rings. The molecule has 1 rings (SSSR count). The van der Waals surface area contributed by atoms with Crippen molar-refractivity contribution >= 4 is 16.5 Å². The maximum absolute atomic E-state index is 11.9. The van der Waals surface area contributed by atoms with Gasteiger partial charge in [-0.2, -0.15) is 13.2 Å². The molecule has 12 heavy (non-hydrogen) atoms. The van der Waals surface area contributed by atoms with Crippen LogP contribution in [0.15, 0.2) is 0 Å². The van der Waals surface area contributed by atoms with Crippen molar-refractivity contribution in [2.24, 2.45) is 0 Å². The number of thiazole rings is 1. The van der Waals surface area contributed by atoms with Crippen LogP contribution in [0.3, 0.4) is 0 Å². The van der Waals surface area contributed by atoms with Crippen LogP contribution in [0.2, 0.25) is 0 Å². The number of nitrogen functional groups attached to an aromatic ring is 1. The van der Waals surface area contributed by atoms with Gasteiger partial charge in [-0.15, -0.1) is 11.3 Å². The largest absolute Gasteiger partial charge is 0.394 e. The molecule has 6 heteroatoms. The van der Waals surface area contributed by atoms with E-state index in [0.717, 1.165) is 11.3 Å². The molecule has 0 radical (unpaired) electrons. The van der Waals surface area contributed by atoms with E-state index in [2.05, 4.69) is 4.98 Å². The highest BCUT2D eigenvalue weighted by atomic mass is 32.1. The number of hydrogen-bond donors (Lipinski definition) is 1. The number of anilines is 1. The van der Waals surface area contributed by atoms with Crippen LogP contribution >= 0.6 is 11.3 Å².